The number of carbonyl (C=O) groups is 1. The summed E-state index contributed by atoms with van der Waals surface area (Å²) in [6.45, 7) is 5.19. The van der Waals surface area contributed by atoms with Crippen LogP contribution in [0.2, 0.25) is 0 Å². The van der Waals surface area contributed by atoms with E-state index >= 15 is 0 Å². The lowest BCUT2D eigenvalue weighted by Gasteiger charge is -2.11. The van der Waals surface area contributed by atoms with E-state index in [4.69, 9.17) is 4.74 Å². The summed E-state index contributed by atoms with van der Waals surface area (Å²) in [4.78, 5) is 20.4. The van der Waals surface area contributed by atoms with Crippen LogP contribution < -0.4 is 5.32 Å². The lowest BCUT2D eigenvalue weighted by atomic mass is 10.2. The van der Waals surface area contributed by atoms with E-state index in [1.807, 2.05) is 13.8 Å². The summed E-state index contributed by atoms with van der Waals surface area (Å²) in [5, 5.41) is 2.88. The SMILES string of the molecule is CCc1ncc(C(=O)NCC2CCCO2)c(C)n1. The Hall–Kier alpha value is -1.49. The Morgan fingerprint density at radius 1 is 1.61 bits per heavy atom. The van der Waals surface area contributed by atoms with Gasteiger partial charge in [-0.25, -0.2) is 9.97 Å². The molecular formula is C13H19N3O2. The molecule has 2 heterocycles. The molecule has 1 aromatic heterocycles. The van der Waals surface area contributed by atoms with Gasteiger partial charge in [-0.3, -0.25) is 4.79 Å². The lowest BCUT2D eigenvalue weighted by molar-refractivity contribution is 0.0856. The molecule has 1 amide bonds. The van der Waals surface area contributed by atoms with Crippen molar-refractivity contribution in [2.45, 2.75) is 39.2 Å². The maximum Gasteiger partial charge on any atom is 0.254 e. The predicted molar refractivity (Wildman–Crippen MR) is 67.5 cm³/mol. The Bertz CT molecular complexity index is 428. The fourth-order valence-corrected chi connectivity index (χ4v) is 2.02. The third kappa shape index (κ3) is 3.04. The molecule has 1 fully saturated rings. The van der Waals surface area contributed by atoms with Crippen molar-refractivity contribution in [2.75, 3.05) is 13.2 Å². The zero-order valence-corrected chi connectivity index (χ0v) is 10.9. The average Bonchev–Trinajstić information content (AvgIpc) is 2.88. The average molecular weight is 249 g/mol. The van der Waals surface area contributed by atoms with Crippen LogP contribution in [0, 0.1) is 6.92 Å². The second-order valence-electron chi connectivity index (χ2n) is 4.48. The molecule has 18 heavy (non-hydrogen) atoms. The largest absolute Gasteiger partial charge is 0.376 e. The molecule has 0 bridgehead atoms. The molecule has 0 spiro atoms. The maximum atomic E-state index is 12.0. The predicted octanol–water partition coefficient (Wildman–Crippen LogP) is 1.26. The van der Waals surface area contributed by atoms with E-state index in [0.717, 1.165) is 37.4 Å². The number of rotatable bonds is 4. The van der Waals surface area contributed by atoms with Crippen molar-refractivity contribution in [3.05, 3.63) is 23.3 Å². The number of hydrogen-bond acceptors (Lipinski definition) is 4. The summed E-state index contributed by atoms with van der Waals surface area (Å²) >= 11 is 0. The zero-order valence-electron chi connectivity index (χ0n) is 10.9. The molecule has 98 valence electrons. The molecular weight excluding hydrogens is 230 g/mol. The number of amides is 1. The van der Waals surface area contributed by atoms with Gasteiger partial charge in [0, 0.05) is 25.8 Å². The Balaban J connectivity index is 1.95. The van der Waals surface area contributed by atoms with Gasteiger partial charge in [-0.05, 0) is 19.8 Å². The molecule has 1 atom stereocenters. The minimum Gasteiger partial charge on any atom is -0.376 e. The van der Waals surface area contributed by atoms with Gasteiger partial charge in [0.15, 0.2) is 0 Å². The van der Waals surface area contributed by atoms with Gasteiger partial charge in [0.05, 0.1) is 17.4 Å². The number of nitrogens with zero attached hydrogens (tertiary/aromatic N) is 2. The van der Waals surface area contributed by atoms with Gasteiger partial charge in [-0.1, -0.05) is 6.92 Å². The quantitative estimate of drug-likeness (QED) is 0.872. The third-order valence-corrected chi connectivity index (χ3v) is 3.10. The van der Waals surface area contributed by atoms with Gasteiger partial charge in [0.2, 0.25) is 0 Å². The van der Waals surface area contributed by atoms with Crippen molar-refractivity contribution in [1.29, 1.82) is 0 Å². The van der Waals surface area contributed by atoms with E-state index in [1.165, 1.54) is 0 Å². The molecule has 1 aliphatic rings. The minimum absolute atomic E-state index is 0.120. The van der Waals surface area contributed by atoms with E-state index < -0.39 is 0 Å². The van der Waals surface area contributed by atoms with Crippen LogP contribution in [0.1, 0.15) is 41.6 Å². The summed E-state index contributed by atoms with van der Waals surface area (Å²) in [6, 6.07) is 0. The van der Waals surface area contributed by atoms with E-state index in [0.29, 0.717) is 12.1 Å². The number of carbonyl (C=O) groups excluding carboxylic acids is 1. The number of hydrogen-bond donors (Lipinski definition) is 1. The summed E-state index contributed by atoms with van der Waals surface area (Å²) in [5.41, 5.74) is 1.27. The first-order chi connectivity index (χ1) is 8.70. The Labute approximate surface area is 107 Å². The van der Waals surface area contributed by atoms with E-state index in [9.17, 15) is 4.79 Å². The Morgan fingerprint density at radius 3 is 3.06 bits per heavy atom. The van der Waals surface area contributed by atoms with Gasteiger partial charge in [0.1, 0.15) is 5.82 Å². The van der Waals surface area contributed by atoms with Gasteiger partial charge < -0.3 is 10.1 Å². The van der Waals surface area contributed by atoms with Crippen molar-refractivity contribution >= 4 is 5.91 Å². The minimum atomic E-state index is -0.120. The normalized spacial score (nSPS) is 18.9. The summed E-state index contributed by atoms with van der Waals surface area (Å²) in [7, 11) is 0. The number of ether oxygens (including phenoxy) is 1. The van der Waals surface area contributed by atoms with Crippen molar-refractivity contribution in [1.82, 2.24) is 15.3 Å². The first-order valence-electron chi connectivity index (χ1n) is 6.43. The number of aromatic nitrogens is 2. The van der Waals surface area contributed by atoms with Crippen LogP contribution in [0.25, 0.3) is 0 Å². The van der Waals surface area contributed by atoms with E-state index in [1.54, 1.807) is 6.20 Å². The van der Waals surface area contributed by atoms with Crippen LogP contribution in [0.15, 0.2) is 6.20 Å². The molecule has 0 aromatic carbocycles. The highest BCUT2D eigenvalue weighted by molar-refractivity contribution is 5.94. The highest BCUT2D eigenvalue weighted by Gasteiger charge is 2.17. The maximum absolute atomic E-state index is 12.0. The fourth-order valence-electron chi connectivity index (χ4n) is 2.02. The molecule has 5 nitrogen and oxygen atoms in total. The van der Waals surface area contributed by atoms with Crippen LogP contribution in [0.3, 0.4) is 0 Å². The van der Waals surface area contributed by atoms with Gasteiger partial charge >= 0.3 is 0 Å². The van der Waals surface area contributed by atoms with Crippen molar-refractivity contribution in [3.63, 3.8) is 0 Å². The second kappa shape index (κ2) is 5.91. The van der Waals surface area contributed by atoms with Gasteiger partial charge in [0.25, 0.3) is 5.91 Å². The van der Waals surface area contributed by atoms with Crippen LogP contribution in [0.4, 0.5) is 0 Å². The molecule has 0 saturated carbocycles. The molecule has 1 aliphatic heterocycles. The molecule has 5 heteroatoms. The lowest BCUT2D eigenvalue weighted by Crippen LogP contribution is -2.32. The van der Waals surface area contributed by atoms with Crippen LogP contribution in [0.5, 0.6) is 0 Å². The Kier molecular flexibility index (Phi) is 4.25. The monoisotopic (exact) mass is 249 g/mol. The summed E-state index contributed by atoms with van der Waals surface area (Å²) < 4.78 is 5.46. The number of nitrogens with one attached hydrogen (secondary N) is 1. The van der Waals surface area contributed by atoms with Crippen molar-refractivity contribution in [2.24, 2.45) is 0 Å². The number of aryl methyl sites for hydroxylation is 2. The summed E-state index contributed by atoms with van der Waals surface area (Å²) in [6.07, 6.45) is 4.63. The second-order valence-corrected chi connectivity index (χ2v) is 4.48. The highest BCUT2D eigenvalue weighted by Crippen LogP contribution is 2.11. The smallest absolute Gasteiger partial charge is 0.254 e. The van der Waals surface area contributed by atoms with Gasteiger partial charge in [-0.15, -0.1) is 0 Å². The molecule has 1 N–H and O–H groups in total. The molecule has 1 unspecified atom stereocenters. The van der Waals surface area contributed by atoms with Crippen LogP contribution in [-0.4, -0.2) is 35.1 Å². The Morgan fingerprint density at radius 2 is 2.44 bits per heavy atom. The van der Waals surface area contributed by atoms with Crippen molar-refractivity contribution in [3.8, 4) is 0 Å². The topological polar surface area (TPSA) is 64.1 Å². The third-order valence-electron chi connectivity index (χ3n) is 3.10. The van der Waals surface area contributed by atoms with Gasteiger partial charge in [-0.2, -0.15) is 0 Å². The molecule has 0 radical (unpaired) electrons. The first-order valence-corrected chi connectivity index (χ1v) is 6.43. The highest BCUT2D eigenvalue weighted by atomic mass is 16.5. The molecule has 2 rings (SSSR count). The van der Waals surface area contributed by atoms with E-state index in [2.05, 4.69) is 15.3 Å². The molecule has 0 aliphatic carbocycles. The van der Waals surface area contributed by atoms with Crippen LogP contribution in [-0.2, 0) is 11.2 Å². The first kappa shape index (κ1) is 13.0. The van der Waals surface area contributed by atoms with E-state index in [-0.39, 0.29) is 12.0 Å². The van der Waals surface area contributed by atoms with Crippen LogP contribution >= 0.6 is 0 Å². The summed E-state index contributed by atoms with van der Waals surface area (Å²) in [5.74, 6) is 0.647. The fraction of sp³-hybridized carbons (Fsp3) is 0.615. The van der Waals surface area contributed by atoms with Crippen molar-refractivity contribution < 1.29 is 9.53 Å². The zero-order chi connectivity index (χ0) is 13.0. The molecule has 1 saturated heterocycles. The molecule has 1 aromatic rings. The standard InChI is InChI=1S/C13H19N3O2/c1-3-12-14-8-11(9(2)16-12)13(17)15-7-10-5-4-6-18-10/h8,10H,3-7H2,1-2H3,(H,15,17).